The maximum atomic E-state index is 11.3. The van der Waals surface area contributed by atoms with Crippen LogP contribution in [0, 0.1) is 0 Å². The van der Waals surface area contributed by atoms with E-state index in [9.17, 15) is 4.57 Å². The van der Waals surface area contributed by atoms with Crippen LogP contribution >= 0.6 is 7.82 Å². The van der Waals surface area contributed by atoms with Gasteiger partial charge >= 0.3 is 26.7 Å². The van der Waals surface area contributed by atoms with E-state index in [0.717, 1.165) is 11.1 Å². The van der Waals surface area contributed by atoms with E-state index in [1.807, 2.05) is 51.1 Å². The second kappa shape index (κ2) is 7.70. The Hall–Kier alpha value is -1.01. The van der Waals surface area contributed by atoms with Crippen LogP contribution in [0.2, 0.25) is 0 Å². The third-order valence-corrected chi connectivity index (χ3v) is 4.66. The van der Waals surface area contributed by atoms with Gasteiger partial charge in [0.1, 0.15) is 5.75 Å². The van der Waals surface area contributed by atoms with Gasteiger partial charge in [-0.25, -0.2) is 4.57 Å². The van der Waals surface area contributed by atoms with E-state index in [-0.39, 0.29) is 36.9 Å². The number of phosphoric acid groups is 1. The number of rotatable bonds is 4. The number of benzene rings is 2. The Balaban J connectivity index is 0.00000312. The molecule has 2 rings (SSSR count). The molecule has 0 saturated heterocycles. The number of hydrogen-bond acceptors (Lipinski definition) is 2. The largest absolute Gasteiger partial charge is 1.00 e. The quantitative estimate of drug-likeness (QED) is 0.649. The molecule has 6 heteroatoms. The molecule has 0 atom stereocenters. The molecule has 4 nitrogen and oxygen atoms in total. The van der Waals surface area contributed by atoms with Crippen molar-refractivity contribution in [2.75, 3.05) is 0 Å². The van der Waals surface area contributed by atoms with Gasteiger partial charge in [-0.1, -0.05) is 77.1 Å². The summed E-state index contributed by atoms with van der Waals surface area (Å²) in [4.78, 5) is 18.3. The van der Waals surface area contributed by atoms with Crippen molar-refractivity contribution in [3.8, 4) is 5.75 Å². The molecule has 0 heterocycles. The van der Waals surface area contributed by atoms with E-state index in [1.54, 1.807) is 6.07 Å². The van der Waals surface area contributed by atoms with Gasteiger partial charge in [0.2, 0.25) is 0 Å². The summed E-state index contributed by atoms with van der Waals surface area (Å²) in [6, 6.07) is 15.7. The van der Waals surface area contributed by atoms with Crippen LogP contribution in [0.4, 0.5) is 0 Å². The Morgan fingerprint density at radius 2 is 1.48 bits per heavy atom. The first-order valence-electron chi connectivity index (χ1n) is 7.87. The molecule has 0 spiro atoms. The fourth-order valence-electron chi connectivity index (χ4n) is 2.73. The van der Waals surface area contributed by atoms with Crippen LogP contribution in [0.5, 0.6) is 5.75 Å². The summed E-state index contributed by atoms with van der Waals surface area (Å²) in [6.45, 7) is 10.2. The minimum absolute atomic E-state index is 0. The third kappa shape index (κ3) is 5.48. The van der Waals surface area contributed by atoms with Gasteiger partial charge in [-0.3, -0.25) is 9.79 Å². The standard InChI is InChI=1S/C19H25O4P.Li.H/c1-18(2,3)16-13-15(11-12-17(16)23-24(20,21)22)19(4,5)14-9-7-6-8-10-14;;/h6-13H,1-5H3,(H2,20,21,22);;/q;+1;-1. The van der Waals surface area contributed by atoms with Crippen molar-refractivity contribution < 1.29 is 39.2 Å². The second-order valence-corrected chi connectivity index (χ2v) is 8.70. The smallest absolute Gasteiger partial charge is 1.00 e. The van der Waals surface area contributed by atoms with Gasteiger partial charge < -0.3 is 5.95 Å². The zero-order chi connectivity index (χ0) is 18.2. The SMILES string of the molecule is CC(C)(C)c1cc(C(C)(C)c2ccccc2)ccc1OP(=O)(O)O.[H-].[Li+]. The molecule has 0 amide bonds. The van der Waals surface area contributed by atoms with E-state index in [4.69, 9.17) is 14.3 Å². The molecule has 0 saturated carbocycles. The molecule has 0 aliphatic rings. The molecule has 0 aliphatic heterocycles. The first-order chi connectivity index (χ1) is 10.9. The maximum Gasteiger partial charge on any atom is 1.00 e. The number of phosphoric ester groups is 1. The van der Waals surface area contributed by atoms with E-state index < -0.39 is 7.82 Å². The van der Waals surface area contributed by atoms with E-state index in [0.29, 0.717) is 0 Å². The topological polar surface area (TPSA) is 66.8 Å². The van der Waals surface area contributed by atoms with Gasteiger partial charge in [-0.05, 0) is 22.6 Å². The van der Waals surface area contributed by atoms with Crippen LogP contribution in [-0.2, 0) is 15.4 Å². The maximum absolute atomic E-state index is 11.3. The molecule has 0 unspecified atom stereocenters. The van der Waals surface area contributed by atoms with E-state index in [1.165, 1.54) is 5.56 Å². The van der Waals surface area contributed by atoms with Crippen LogP contribution in [0.3, 0.4) is 0 Å². The molecule has 132 valence electrons. The molecule has 2 N–H and O–H groups in total. The van der Waals surface area contributed by atoms with Crippen LogP contribution in [-0.4, -0.2) is 9.79 Å². The first-order valence-corrected chi connectivity index (χ1v) is 9.40. The van der Waals surface area contributed by atoms with E-state index in [2.05, 4.69) is 26.0 Å². The molecule has 25 heavy (non-hydrogen) atoms. The molecule has 0 bridgehead atoms. The molecule has 0 fully saturated rings. The van der Waals surface area contributed by atoms with Gasteiger partial charge in [0.15, 0.2) is 0 Å². The molecule has 2 aromatic carbocycles. The van der Waals surface area contributed by atoms with Gasteiger partial charge in [0.05, 0.1) is 0 Å². The van der Waals surface area contributed by atoms with Crippen molar-refractivity contribution in [2.45, 2.75) is 45.4 Å². The van der Waals surface area contributed by atoms with Crippen LogP contribution in [0.25, 0.3) is 0 Å². The molecule has 2 aromatic rings. The van der Waals surface area contributed by atoms with Gasteiger partial charge in [0, 0.05) is 11.0 Å². The van der Waals surface area contributed by atoms with Crippen molar-refractivity contribution >= 4 is 7.82 Å². The number of hydrogen-bond donors (Lipinski definition) is 2. The fraction of sp³-hybridized carbons (Fsp3) is 0.368. The minimum atomic E-state index is -4.60. The van der Waals surface area contributed by atoms with Gasteiger partial charge in [0.25, 0.3) is 0 Å². The van der Waals surface area contributed by atoms with Gasteiger partial charge in [-0.15, -0.1) is 0 Å². The van der Waals surface area contributed by atoms with Crippen molar-refractivity contribution in [1.29, 1.82) is 0 Å². The molecule has 0 aliphatic carbocycles. The van der Waals surface area contributed by atoms with Gasteiger partial charge in [-0.2, -0.15) is 0 Å². The molecular formula is C19H26LiO4P. The van der Waals surface area contributed by atoms with Crippen molar-refractivity contribution in [1.82, 2.24) is 0 Å². The summed E-state index contributed by atoms with van der Waals surface area (Å²) in [5.41, 5.74) is 2.47. The monoisotopic (exact) mass is 356 g/mol. The van der Waals surface area contributed by atoms with Crippen LogP contribution < -0.4 is 23.4 Å². The average molecular weight is 356 g/mol. The normalized spacial score (nSPS) is 12.4. The Kier molecular flexibility index (Phi) is 6.79. The van der Waals surface area contributed by atoms with E-state index >= 15 is 0 Å². The molecular weight excluding hydrogens is 330 g/mol. The third-order valence-electron chi connectivity index (χ3n) is 4.22. The summed E-state index contributed by atoms with van der Waals surface area (Å²) in [5, 5.41) is 0. The Bertz CT molecular complexity index is 767. The predicted molar refractivity (Wildman–Crippen MR) is 97.5 cm³/mol. The Morgan fingerprint density at radius 1 is 0.920 bits per heavy atom. The van der Waals surface area contributed by atoms with Crippen molar-refractivity contribution in [3.63, 3.8) is 0 Å². The minimum Gasteiger partial charge on any atom is -1.00 e. The van der Waals surface area contributed by atoms with Crippen molar-refractivity contribution in [3.05, 3.63) is 65.2 Å². The predicted octanol–water partition coefficient (Wildman–Crippen LogP) is 1.90. The average Bonchev–Trinajstić information content (AvgIpc) is 2.45. The Morgan fingerprint density at radius 3 is 1.96 bits per heavy atom. The first kappa shape index (κ1) is 22.0. The summed E-state index contributed by atoms with van der Waals surface area (Å²) >= 11 is 0. The summed E-state index contributed by atoms with van der Waals surface area (Å²) in [5.74, 6) is 0.225. The van der Waals surface area contributed by atoms with Crippen molar-refractivity contribution in [2.24, 2.45) is 0 Å². The summed E-state index contributed by atoms with van der Waals surface area (Å²) in [6.07, 6.45) is 0. The summed E-state index contributed by atoms with van der Waals surface area (Å²) < 4.78 is 16.2. The zero-order valence-electron chi connectivity index (χ0n) is 16.8. The zero-order valence-corrected chi connectivity index (χ0v) is 16.7. The summed E-state index contributed by atoms with van der Waals surface area (Å²) in [7, 11) is -4.60. The van der Waals surface area contributed by atoms with Crippen LogP contribution in [0.15, 0.2) is 48.5 Å². The Labute approximate surface area is 163 Å². The molecule has 0 radical (unpaired) electrons. The molecule has 0 aromatic heterocycles. The second-order valence-electron chi connectivity index (χ2n) is 7.53. The van der Waals surface area contributed by atoms with Crippen LogP contribution in [0.1, 0.15) is 52.7 Å². The fourth-order valence-corrected chi connectivity index (χ4v) is 3.15.